The molecule has 1 aromatic carbocycles. The third-order valence-electron chi connectivity index (χ3n) is 5.29. The third kappa shape index (κ3) is 4.64. The number of hydrogen-bond acceptors (Lipinski definition) is 6. The van der Waals surface area contributed by atoms with Gasteiger partial charge >= 0.3 is 5.97 Å². The predicted octanol–water partition coefficient (Wildman–Crippen LogP) is 2.96. The summed E-state index contributed by atoms with van der Waals surface area (Å²) in [7, 11) is 0. The minimum atomic E-state index is -0.947. The Labute approximate surface area is 174 Å². The Bertz CT molecular complexity index is 1070. The molecule has 8 nitrogen and oxygen atoms in total. The van der Waals surface area contributed by atoms with Crippen LogP contribution in [0.1, 0.15) is 42.2 Å². The van der Waals surface area contributed by atoms with E-state index in [1.54, 1.807) is 18.3 Å². The van der Waals surface area contributed by atoms with Gasteiger partial charge in [-0.25, -0.2) is 9.97 Å². The molecule has 2 heterocycles. The van der Waals surface area contributed by atoms with E-state index in [0.29, 0.717) is 5.69 Å². The number of carboxylic acid groups (broad SMARTS) is 1. The topological polar surface area (TPSA) is 101 Å². The normalized spacial score (nSPS) is 13.5. The van der Waals surface area contributed by atoms with Gasteiger partial charge in [-0.05, 0) is 42.9 Å². The second-order valence-electron chi connectivity index (χ2n) is 7.84. The van der Waals surface area contributed by atoms with E-state index < -0.39 is 5.97 Å². The molecule has 0 saturated heterocycles. The van der Waals surface area contributed by atoms with Crippen molar-refractivity contribution in [2.75, 3.05) is 18.0 Å². The number of ketones is 1. The molecular formula is C22H25N5O3. The summed E-state index contributed by atoms with van der Waals surface area (Å²) >= 11 is 0. The van der Waals surface area contributed by atoms with Gasteiger partial charge in [-0.3, -0.25) is 14.3 Å². The maximum absolute atomic E-state index is 12.9. The number of Topliss-reactive ketones (excluding diaryl/α,β-unsaturated/α-hetero) is 1. The fourth-order valence-corrected chi connectivity index (χ4v) is 3.63. The predicted molar refractivity (Wildman–Crippen MR) is 113 cm³/mol. The minimum Gasteiger partial charge on any atom is -0.480 e. The van der Waals surface area contributed by atoms with Gasteiger partial charge < -0.3 is 10.0 Å². The van der Waals surface area contributed by atoms with Crippen LogP contribution in [0.25, 0.3) is 10.9 Å². The second-order valence-corrected chi connectivity index (χ2v) is 7.84. The summed E-state index contributed by atoms with van der Waals surface area (Å²) < 4.78 is 1.43. The van der Waals surface area contributed by atoms with Crippen molar-refractivity contribution in [2.24, 2.45) is 5.92 Å². The second kappa shape index (κ2) is 8.61. The van der Waals surface area contributed by atoms with Crippen molar-refractivity contribution in [3.05, 3.63) is 48.0 Å². The first kappa shape index (κ1) is 20.0. The van der Waals surface area contributed by atoms with E-state index in [-0.39, 0.29) is 18.7 Å². The number of benzene rings is 1. The highest BCUT2D eigenvalue weighted by Crippen LogP contribution is 2.31. The van der Waals surface area contributed by atoms with Crippen LogP contribution in [-0.2, 0) is 17.8 Å². The molecule has 30 heavy (non-hydrogen) atoms. The minimum absolute atomic E-state index is 0.0706. The van der Waals surface area contributed by atoms with Gasteiger partial charge in [0.25, 0.3) is 0 Å². The molecule has 1 aliphatic carbocycles. The largest absolute Gasteiger partial charge is 0.480 e. The van der Waals surface area contributed by atoms with E-state index in [0.717, 1.165) is 47.7 Å². The number of aliphatic carboxylic acids is 1. The number of anilines is 1. The van der Waals surface area contributed by atoms with E-state index in [1.165, 1.54) is 23.9 Å². The summed E-state index contributed by atoms with van der Waals surface area (Å²) in [5, 5.41) is 13.9. The van der Waals surface area contributed by atoms with Crippen LogP contribution < -0.4 is 4.90 Å². The first-order chi connectivity index (χ1) is 14.5. The van der Waals surface area contributed by atoms with Crippen LogP contribution in [0.5, 0.6) is 0 Å². The van der Waals surface area contributed by atoms with Gasteiger partial charge in [0.1, 0.15) is 24.4 Å². The quantitative estimate of drug-likeness (QED) is 0.516. The van der Waals surface area contributed by atoms with E-state index >= 15 is 0 Å². The van der Waals surface area contributed by atoms with E-state index in [1.807, 2.05) is 12.1 Å². The number of aromatic nitrogens is 4. The molecule has 1 saturated carbocycles. The highest BCUT2D eigenvalue weighted by molar-refractivity contribution is 5.96. The van der Waals surface area contributed by atoms with Crippen LogP contribution in [0.4, 0.5) is 5.82 Å². The maximum atomic E-state index is 12.9. The molecule has 3 aromatic rings. The molecule has 1 fully saturated rings. The lowest BCUT2D eigenvalue weighted by molar-refractivity contribution is -0.137. The lowest BCUT2D eigenvalue weighted by Gasteiger charge is -2.23. The number of hydrogen-bond donors (Lipinski definition) is 1. The monoisotopic (exact) mass is 407 g/mol. The summed E-state index contributed by atoms with van der Waals surface area (Å²) in [5.41, 5.74) is 1.98. The van der Waals surface area contributed by atoms with Gasteiger partial charge in [-0.15, -0.1) is 0 Å². The molecule has 0 spiro atoms. The van der Waals surface area contributed by atoms with Crippen LogP contribution in [0, 0.1) is 5.92 Å². The number of rotatable bonds is 10. The molecule has 0 atom stereocenters. The molecule has 1 N–H and O–H groups in total. The number of carbonyl (C=O) groups is 2. The highest BCUT2D eigenvalue weighted by atomic mass is 16.4. The Morgan fingerprint density at radius 2 is 2.07 bits per heavy atom. The highest BCUT2D eigenvalue weighted by Gasteiger charge is 2.25. The van der Waals surface area contributed by atoms with Crippen molar-refractivity contribution in [3.8, 4) is 0 Å². The summed E-state index contributed by atoms with van der Waals surface area (Å²) in [6, 6.07) is 7.30. The zero-order valence-corrected chi connectivity index (χ0v) is 17.0. The average molecular weight is 407 g/mol. The lowest BCUT2D eigenvalue weighted by Crippen LogP contribution is -2.27. The molecule has 0 unspecified atom stereocenters. The van der Waals surface area contributed by atoms with Gasteiger partial charge in [-0.2, -0.15) is 5.10 Å². The van der Waals surface area contributed by atoms with E-state index in [9.17, 15) is 9.59 Å². The Balaban J connectivity index is 1.50. The Kier molecular flexibility index (Phi) is 5.74. The van der Waals surface area contributed by atoms with Crippen LogP contribution in [-0.4, -0.2) is 49.7 Å². The summed E-state index contributed by atoms with van der Waals surface area (Å²) in [6.45, 7) is 3.84. The maximum Gasteiger partial charge on any atom is 0.325 e. The number of carbonyl (C=O) groups excluding carboxylic acids is 1. The van der Waals surface area contributed by atoms with Crippen molar-refractivity contribution in [3.63, 3.8) is 0 Å². The molecule has 0 amide bonds. The van der Waals surface area contributed by atoms with Crippen LogP contribution >= 0.6 is 0 Å². The fraction of sp³-hybridized carbons (Fsp3) is 0.409. The van der Waals surface area contributed by atoms with Crippen molar-refractivity contribution in [2.45, 2.75) is 39.2 Å². The SMILES string of the molecule is CCCN(CC1CC1)c1cc(C(=O)Cc2ccc3c(cnn3CC(=O)O)c2)ncn1. The molecule has 4 rings (SSSR count). The zero-order chi connectivity index (χ0) is 21.1. The smallest absolute Gasteiger partial charge is 0.325 e. The Morgan fingerprint density at radius 3 is 2.80 bits per heavy atom. The number of nitrogens with zero attached hydrogens (tertiary/aromatic N) is 5. The first-order valence-corrected chi connectivity index (χ1v) is 10.3. The van der Waals surface area contributed by atoms with Crippen molar-refractivity contribution in [1.82, 2.24) is 19.7 Å². The first-order valence-electron chi connectivity index (χ1n) is 10.3. The van der Waals surface area contributed by atoms with Crippen LogP contribution in [0.2, 0.25) is 0 Å². The number of carboxylic acids is 1. The van der Waals surface area contributed by atoms with Gasteiger partial charge in [0.05, 0.1) is 11.7 Å². The van der Waals surface area contributed by atoms with Crippen molar-refractivity contribution < 1.29 is 14.7 Å². The third-order valence-corrected chi connectivity index (χ3v) is 5.29. The zero-order valence-electron chi connectivity index (χ0n) is 17.0. The van der Waals surface area contributed by atoms with Crippen LogP contribution in [0.15, 0.2) is 36.8 Å². The summed E-state index contributed by atoms with van der Waals surface area (Å²) in [5.74, 6) is 0.531. The Morgan fingerprint density at radius 1 is 1.23 bits per heavy atom. The molecule has 8 heteroatoms. The summed E-state index contributed by atoms with van der Waals surface area (Å²) in [4.78, 5) is 34.6. The van der Waals surface area contributed by atoms with Gasteiger partial charge in [-0.1, -0.05) is 13.0 Å². The average Bonchev–Trinajstić information content (AvgIpc) is 3.47. The lowest BCUT2D eigenvalue weighted by atomic mass is 10.0. The van der Waals surface area contributed by atoms with Gasteiger partial charge in [0.2, 0.25) is 0 Å². The fourth-order valence-electron chi connectivity index (χ4n) is 3.63. The molecule has 2 aromatic heterocycles. The summed E-state index contributed by atoms with van der Waals surface area (Å²) in [6.07, 6.45) is 6.86. The van der Waals surface area contributed by atoms with E-state index in [4.69, 9.17) is 5.11 Å². The van der Waals surface area contributed by atoms with Gasteiger partial charge in [0.15, 0.2) is 5.78 Å². The Hall–Kier alpha value is -3.29. The number of fused-ring (bicyclic) bond motifs is 1. The molecule has 1 aliphatic rings. The van der Waals surface area contributed by atoms with Crippen LogP contribution in [0.3, 0.4) is 0 Å². The van der Waals surface area contributed by atoms with Crippen molar-refractivity contribution >= 4 is 28.5 Å². The van der Waals surface area contributed by atoms with Crippen molar-refractivity contribution in [1.29, 1.82) is 0 Å². The molecule has 156 valence electrons. The van der Waals surface area contributed by atoms with Gasteiger partial charge in [0, 0.05) is 31.0 Å². The standard InChI is InChI=1S/C22H25N5O3/c1-2-7-26(12-15-3-4-15)21-10-18(23-14-24-21)20(28)9-16-5-6-19-17(8-16)11-25-27(19)13-22(29)30/h5-6,8,10-11,14-15H,2-4,7,9,12-13H2,1H3,(H,29,30). The molecular weight excluding hydrogens is 382 g/mol. The molecule has 0 bridgehead atoms. The molecule has 0 aliphatic heterocycles. The van der Waals surface area contributed by atoms with E-state index in [2.05, 4.69) is 26.9 Å². The molecule has 0 radical (unpaired) electrons.